The minimum Gasteiger partial charge on any atom is -0.481 e. The van der Waals surface area contributed by atoms with Crippen molar-refractivity contribution in [2.75, 3.05) is 99.2 Å². The summed E-state index contributed by atoms with van der Waals surface area (Å²) >= 11 is 0. The molecular weight excluding hydrogens is 1060 g/mol. The Labute approximate surface area is 483 Å². The number of carbonyl (C=O) groups excluding carboxylic acids is 8. The van der Waals surface area contributed by atoms with Gasteiger partial charge in [0, 0.05) is 77.2 Å². The Hall–Kier alpha value is -6.66. The van der Waals surface area contributed by atoms with Crippen molar-refractivity contribution < 1.29 is 76.6 Å². The average Bonchev–Trinajstić information content (AvgIpc) is 3.59. The fourth-order valence-electron chi connectivity index (χ4n) is 7.82. The van der Waals surface area contributed by atoms with Crippen LogP contribution in [0.5, 0.6) is 0 Å². The van der Waals surface area contributed by atoms with E-state index in [2.05, 4.69) is 26.6 Å². The molecule has 460 valence electrons. The van der Waals surface area contributed by atoms with E-state index in [9.17, 15) is 43.5 Å². The van der Waals surface area contributed by atoms with E-state index in [0.29, 0.717) is 88.8 Å². The molecule has 0 bridgehead atoms. The van der Waals surface area contributed by atoms with Gasteiger partial charge >= 0.3 is 17.9 Å². The van der Waals surface area contributed by atoms with Gasteiger partial charge in [0.1, 0.15) is 11.6 Å². The highest BCUT2D eigenvalue weighted by Gasteiger charge is 2.34. The lowest BCUT2D eigenvalue weighted by molar-refractivity contribution is -0.140. The van der Waals surface area contributed by atoms with Gasteiger partial charge in [-0.2, -0.15) is 0 Å². The Bertz CT molecular complexity index is 2110. The molecule has 23 nitrogen and oxygen atoms in total. The highest BCUT2D eigenvalue weighted by molar-refractivity contribution is 5.90. The molecule has 0 aliphatic rings. The third-order valence-corrected chi connectivity index (χ3v) is 12.4. The standard InChI is InChI=1S/C59H93N7O16/c1-76-55(72)27-15-7-5-3-2-4-6-14-26-54(71)66-59(44-77-39-29-51(68)62-34-18-32-60,45-78-40-30-52(69)63-35-19-33-61)46-79-41-31-53(70)65-37-20-36-64-50(67)25-16-17-38-80-56(73)43-49(82-58(75)48-23-12-9-13-24-48)28-42-81-57(74)47-21-10-8-11-22-47/h8-13,21-24,43,49,73H,2-7,14-20,25-42,44-46,60-61H2,1H3,(H,62,68)(H,63,69)(H,64,67)(H,65,70)(H,66,71)/b56-43+. The van der Waals surface area contributed by atoms with Crippen LogP contribution in [-0.2, 0) is 61.9 Å². The Morgan fingerprint density at radius 3 is 1.40 bits per heavy atom. The van der Waals surface area contributed by atoms with Crippen LogP contribution < -0.4 is 38.1 Å². The molecule has 0 radical (unpaired) electrons. The summed E-state index contributed by atoms with van der Waals surface area (Å²) in [6, 6.07) is 16.7. The smallest absolute Gasteiger partial charge is 0.338 e. The van der Waals surface area contributed by atoms with Crippen molar-refractivity contribution in [3.05, 3.63) is 83.8 Å². The molecule has 2 aromatic carbocycles. The van der Waals surface area contributed by atoms with Gasteiger partial charge in [0.05, 0.1) is 71.1 Å². The number of aliphatic hydroxyl groups is 1. The van der Waals surface area contributed by atoms with Crippen molar-refractivity contribution in [1.82, 2.24) is 26.6 Å². The maximum Gasteiger partial charge on any atom is 0.338 e. The quantitative estimate of drug-likeness (QED) is 0.0192. The van der Waals surface area contributed by atoms with Crippen molar-refractivity contribution in [1.29, 1.82) is 0 Å². The van der Waals surface area contributed by atoms with Gasteiger partial charge < -0.3 is 76.3 Å². The second-order valence-corrected chi connectivity index (χ2v) is 19.6. The predicted octanol–water partition coefficient (Wildman–Crippen LogP) is 4.75. The van der Waals surface area contributed by atoms with Gasteiger partial charge in [-0.3, -0.25) is 28.8 Å². The molecule has 0 saturated heterocycles. The molecule has 0 aromatic heterocycles. The average molecular weight is 1160 g/mol. The highest BCUT2D eigenvalue weighted by atomic mass is 16.6. The van der Waals surface area contributed by atoms with Crippen LogP contribution in [0.15, 0.2) is 72.7 Å². The zero-order valence-corrected chi connectivity index (χ0v) is 48.2. The molecule has 1 unspecified atom stereocenters. The van der Waals surface area contributed by atoms with Crippen LogP contribution in [0.3, 0.4) is 0 Å². The fraction of sp³-hybridized carbons (Fsp3) is 0.627. The van der Waals surface area contributed by atoms with Crippen LogP contribution in [0.25, 0.3) is 0 Å². The first-order valence-electron chi connectivity index (χ1n) is 28.9. The lowest BCUT2D eigenvalue weighted by atomic mass is 10.0. The third kappa shape index (κ3) is 37.4. The van der Waals surface area contributed by atoms with E-state index in [1.807, 2.05) is 0 Å². The zero-order valence-electron chi connectivity index (χ0n) is 48.2. The highest BCUT2D eigenvalue weighted by Crippen LogP contribution is 2.16. The van der Waals surface area contributed by atoms with Gasteiger partial charge in [0.25, 0.3) is 5.95 Å². The molecule has 0 saturated carbocycles. The summed E-state index contributed by atoms with van der Waals surface area (Å²) in [6.45, 7) is 2.11. The topological polar surface area (TPSA) is 334 Å². The monoisotopic (exact) mass is 1160 g/mol. The van der Waals surface area contributed by atoms with Crippen LogP contribution in [-0.4, -0.2) is 163 Å². The van der Waals surface area contributed by atoms with Crippen molar-refractivity contribution in [2.24, 2.45) is 11.5 Å². The van der Waals surface area contributed by atoms with Gasteiger partial charge in [0.2, 0.25) is 29.5 Å². The van der Waals surface area contributed by atoms with Crippen LogP contribution in [0, 0.1) is 0 Å². The Morgan fingerprint density at radius 2 is 0.915 bits per heavy atom. The molecule has 0 fully saturated rings. The molecule has 82 heavy (non-hydrogen) atoms. The Kier molecular flexibility index (Phi) is 40.9. The summed E-state index contributed by atoms with van der Waals surface area (Å²) in [5, 5.41) is 24.8. The third-order valence-electron chi connectivity index (χ3n) is 12.4. The number of rotatable bonds is 50. The largest absolute Gasteiger partial charge is 0.481 e. The summed E-state index contributed by atoms with van der Waals surface area (Å²) in [7, 11) is 1.39. The van der Waals surface area contributed by atoms with E-state index >= 15 is 0 Å². The minimum absolute atomic E-state index is 0.00813. The van der Waals surface area contributed by atoms with Gasteiger partial charge in [-0.25, -0.2) is 9.59 Å². The van der Waals surface area contributed by atoms with E-state index in [-0.39, 0.29) is 133 Å². The Morgan fingerprint density at radius 1 is 0.488 bits per heavy atom. The lowest BCUT2D eigenvalue weighted by Crippen LogP contribution is -2.58. The molecule has 10 N–H and O–H groups in total. The number of unbranched alkanes of at least 4 members (excludes halogenated alkanes) is 8. The first-order chi connectivity index (χ1) is 39.8. The second kappa shape index (κ2) is 46.9. The number of methoxy groups -OCH3 is 1. The molecule has 0 aliphatic heterocycles. The normalized spacial score (nSPS) is 11.7. The van der Waals surface area contributed by atoms with Crippen molar-refractivity contribution >= 4 is 47.4 Å². The van der Waals surface area contributed by atoms with E-state index in [0.717, 1.165) is 44.9 Å². The molecule has 5 amide bonds. The lowest BCUT2D eigenvalue weighted by Gasteiger charge is -2.34. The number of ether oxygens (including phenoxy) is 7. The summed E-state index contributed by atoms with van der Waals surface area (Å²) in [4.78, 5) is 100. The maximum atomic E-state index is 13.5. The Balaban J connectivity index is 1.85. The maximum absolute atomic E-state index is 13.5. The van der Waals surface area contributed by atoms with Crippen LogP contribution >= 0.6 is 0 Å². The summed E-state index contributed by atoms with van der Waals surface area (Å²) in [5.41, 5.74) is 10.5. The van der Waals surface area contributed by atoms with E-state index in [1.165, 1.54) is 13.2 Å². The molecular formula is C59H93N7O16. The molecule has 23 heteroatoms. The number of amides is 5. The van der Waals surface area contributed by atoms with Crippen LogP contribution in [0.4, 0.5) is 0 Å². The number of nitrogens with two attached hydrogens (primary N) is 2. The number of hydrogen-bond acceptors (Lipinski definition) is 18. The number of benzene rings is 2. The molecule has 0 heterocycles. The zero-order chi connectivity index (χ0) is 59.7. The van der Waals surface area contributed by atoms with E-state index in [4.69, 9.17) is 44.6 Å². The van der Waals surface area contributed by atoms with Gasteiger partial charge in [-0.15, -0.1) is 0 Å². The molecule has 1 atom stereocenters. The molecule has 2 aromatic rings. The van der Waals surface area contributed by atoms with E-state index in [1.54, 1.807) is 60.7 Å². The number of hydrogen-bond donors (Lipinski definition) is 8. The summed E-state index contributed by atoms with van der Waals surface area (Å²) in [6.07, 6.45) is 11.1. The van der Waals surface area contributed by atoms with Crippen molar-refractivity contribution in [2.45, 2.75) is 140 Å². The van der Waals surface area contributed by atoms with Gasteiger partial charge in [0.15, 0.2) is 0 Å². The van der Waals surface area contributed by atoms with Crippen LogP contribution in [0.1, 0.15) is 149 Å². The number of esters is 3. The molecule has 0 spiro atoms. The van der Waals surface area contributed by atoms with Gasteiger partial charge in [-0.1, -0.05) is 74.9 Å². The second-order valence-electron chi connectivity index (χ2n) is 19.6. The van der Waals surface area contributed by atoms with E-state index < -0.39 is 29.5 Å². The molecule has 2 rings (SSSR count). The number of aliphatic hydroxyl groups excluding tert-OH is 1. The summed E-state index contributed by atoms with van der Waals surface area (Å²) in [5.74, 6) is -3.04. The molecule has 0 aliphatic carbocycles. The number of nitrogens with one attached hydrogen (secondary N) is 5. The van der Waals surface area contributed by atoms with Crippen molar-refractivity contribution in [3.63, 3.8) is 0 Å². The van der Waals surface area contributed by atoms with Gasteiger partial charge in [-0.05, 0) is 82.3 Å². The predicted molar refractivity (Wildman–Crippen MR) is 307 cm³/mol. The SMILES string of the molecule is COC(=O)CCCCCCCCCCC(=O)NC(COCCC(=O)NCCCN)(COCCC(=O)NCCCN)COCCC(=O)NCCCNC(=O)CCCCO/C(O)=C/C(CCOC(=O)c1ccccc1)OC(=O)c1ccccc1. The summed E-state index contributed by atoms with van der Waals surface area (Å²) < 4.78 is 39.0. The number of carbonyl (C=O) groups is 8. The van der Waals surface area contributed by atoms with Crippen LogP contribution in [0.2, 0.25) is 0 Å². The first-order valence-corrected chi connectivity index (χ1v) is 28.9. The first kappa shape index (κ1) is 71.4. The fourth-order valence-corrected chi connectivity index (χ4v) is 7.82. The minimum atomic E-state index is -1.23. The van der Waals surface area contributed by atoms with Crippen molar-refractivity contribution in [3.8, 4) is 0 Å².